The lowest BCUT2D eigenvalue weighted by Crippen LogP contribution is -2.31. The summed E-state index contributed by atoms with van der Waals surface area (Å²) in [6.45, 7) is 2.35. The maximum Gasteiger partial charge on any atom is 0.316 e. The molecule has 7 heteroatoms. The summed E-state index contributed by atoms with van der Waals surface area (Å²) in [5.41, 5.74) is 3.65. The summed E-state index contributed by atoms with van der Waals surface area (Å²) in [7, 11) is 0. The second-order valence-corrected chi connectivity index (χ2v) is 7.83. The summed E-state index contributed by atoms with van der Waals surface area (Å²) in [5.74, 6) is 0.349. The van der Waals surface area contributed by atoms with Crippen LogP contribution in [0.25, 0.3) is 5.69 Å². The average molecular weight is 409 g/mol. The van der Waals surface area contributed by atoms with Crippen molar-refractivity contribution in [3.63, 3.8) is 0 Å². The number of anilines is 1. The Kier molecular flexibility index (Phi) is 4.73. The molecule has 1 fully saturated rings. The highest BCUT2D eigenvalue weighted by atomic mass is 35.5. The molecule has 0 spiro atoms. The minimum Gasteiger partial charge on any atom is -0.482 e. The van der Waals surface area contributed by atoms with Crippen molar-refractivity contribution in [2.75, 3.05) is 24.7 Å². The number of hydrogen-bond acceptors (Lipinski definition) is 5. The first kappa shape index (κ1) is 18.2. The van der Waals surface area contributed by atoms with Gasteiger partial charge in [-0.2, -0.15) is 9.78 Å². The van der Waals surface area contributed by atoms with Crippen molar-refractivity contribution in [1.29, 1.82) is 0 Å². The summed E-state index contributed by atoms with van der Waals surface area (Å²) in [4.78, 5) is 15.5. The first-order valence-electron chi connectivity index (χ1n) is 9.76. The monoisotopic (exact) mass is 408 g/mol. The Morgan fingerprint density at radius 1 is 1.10 bits per heavy atom. The molecule has 1 N–H and O–H groups in total. The van der Waals surface area contributed by atoms with Crippen LogP contribution in [0.1, 0.15) is 11.1 Å². The molecule has 0 saturated carbocycles. The SMILES string of the molecule is O=c1c(OC2Cc3ccccc3C2)c(N2CCNC2)cnn1-c1cccc(Cl)c1. The molecular formula is C22H21ClN4O2. The molecule has 1 aliphatic carbocycles. The Labute approximate surface area is 173 Å². The Bertz CT molecular complexity index is 1080. The van der Waals surface area contributed by atoms with Crippen LogP contribution in [-0.2, 0) is 12.8 Å². The zero-order valence-corrected chi connectivity index (χ0v) is 16.6. The molecule has 0 unspecified atom stereocenters. The van der Waals surface area contributed by atoms with Crippen LogP contribution in [-0.4, -0.2) is 35.6 Å². The molecule has 29 heavy (non-hydrogen) atoms. The van der Waals surface area contributed by atoms with E-state index < -0.39 is 0 Å². The molecule has 148 valence electrons. The number of aromatic nitrogens is 2. The topological polar surface area (TPSA) is 59.4 Å². The molecular weight excluding hydrogens is 388 g/mol. The van der Waals surface area contributed by atoms with E-state index in [0.717, 1.165) is 31.6 Å². The fourth-order valence-electron chi connectivity index (χ4n) is 4.04. The van der Waals surface area contributed by atoms with Crippen LogP contribution in [0.4, 0.5) is 5.69 Å². The molecule has 2 aromatic carbocycles. The predicted molar refractivity (Wildman–Crippen MR) is 113 cm³/mol. The number of rotatable bonds is 4. The normalized spacial score (nSPS) is 16.2. The van der Waals surface area contributed by atoms with Crippen LogP contribution in [0.5, 0.6) is 5.75 Å². The summed E-state index contributed by atoms with van der Waals surface area (Å²) in [6, 6.07) is 15.4. The molecule has 1 saturated heterocycles. The smallest absolute Gasteiger partial charge is 0.316 e. The fourth-order valence-corrected chi connectivity index (χ4v) is 4.22. The van der Waals surface area contributed by atoms with Gasteiger partial charge in [-0.05, 0) is 29.3 Å². The minimum atomic E-state index is -0.271. The molecule has 0 radical (unpaired) electrons. The number of hydrogen-bond donors (Lipinski definition) is 1. The number of ether oxygens (including phenoxy) is 1. The predicted octanol–water partition coefficient (Wildman–Crippen LogP) is 2.80. The van der Waals surface area contributed by atoms with Crippen molar-refractivity contribution in [2.45, 2.75) is 18.9 Å². The van der Waals surface area contributed by atoms with Crippen molar-refractivity contribution in [2.24, 2.45) is 0 Å². The number of fused-ring (bicyclic) bond motifs is 1. The van der Waals surface area contributed by atoms with E-state index >= 15 is 0 Å². The van der Waals surface area contributed by atoms with Crippen molar-refractivity contribution < 1.29 is 4.74 Å². The minimum absolute atomic E-state index is 0.0652. The van der Waals surface area contributed by atoms with Crippen molar-refractivity contribution in [1.82, 2.24) is 15.1 Å². The van der Waals surface area contributed by atoms with Gasteiger partial charge in [0.25, 0.3) is 0 Å². The third-order valence-corrected chi connectivity index (χ3v) is 5.70. The average Bonchev–Trinajstić information content (AvgIpc) is 3.39. The molecule has 1 aliphatic heterocycles. The number of halogens is 1. The quantitative estimate of drug-likeness (QED) is 0.719. The van der Waals surface area contributed by atoms with Gasteiger partial charge in [0, 0.05) is 31.0 Å². The summed E-state index contributed by atoms with van der Waals surface area (Å²) >= 11 is 6.12. The molecule has 2 aliphatic rings. The number of nitrogens with one attached hydrogen (secondary N) is 1. The highest BCUT2D eigenvalue weighted by molar-refractivity contribution is 6.30. The fraction of sp³-hybridized carbons (Fsp3) is 0.273. The van der Waals surface area contributed by atoms with Gasteiger partial charge in [-0.25, -0.2) is 0 Å². The number of nitrogens with zero attached hydrogens (tertiary/aromatic N) is 3. The van der Waals surface area contributed by atoms with Gasteiger partial charge in [-0.15, -0.1) is 0 Å². The lowest BCUT2D eigenvalue weighted by atomic mass is 10.1. The molecule has 0 bridgehead atoms. The molecule has 0 amide bonds. The zero-order valence-electron chi connectivity index (χ0n) is 15.8. The van der Waals surface area contributed by atoms with E-state index in [2.05, 4.69) is 27.4 Å². The Morgan fingerprint density at radius 3 is 2.59 bits per heavy atom. The van der Waals surface area contributed by atoms with Crippen molar-refractivity contribution in [3.8, 4) is 11.4 Å². The van der Waals surface area contributed by atoms with Gasteiger partial charge in [0.2, 0.25) is 5.75 Å². The van der Waals surface area contributed by atoms with Crippen LogP contribution in [0.2, 0.25) is 5.02 Å². The molecule has 2 heterocycles. The van der Waals surface area contributed by atoms with E-state index in [1.807, 2.05) is 18.2 Å². The second kappa shape index (κ2) is 7.54. The third kappa shape index (κ3) is 3.50. The van der Waals surface area contributed by atoms with Crippen molar-refractivity contribution >= 4 is 17.3 Å². The van der Waals surface area contributed by atoms with Gasteiger partial charge in [0.1, 0.15) is 11.8 Å². The van der Waals surface area contributed by atoms with E-state index in [0.29, 0.717) is 23.1 Å². The lowest BCUT2D eigenvalue weighted by Gasteiger charge is -2.22. The van der Waals surface area contributed by atoms with Gasteiger partial charge in [-0.1, -0.05) is 41.9 Å². The highest BCUT2D eigenvalue weighted by Gasteiger charge is 2.27. The van der Waals surface area contributed by atoms with E-state index in [9.17, 15) is 4.79 Å². The van der Waals surface area contributed by atoms with Crippen LogP contribution in [0.15, 0.2) is 59.5 Å². The molecule has 0 atom stereocenters. The van der Waals surface area contributed by atoms with Gasteiger partial charge in [0.15, 0.2) is 0 Å². The van der Waals surface area contributed by atoms with E-state index in [-0.39, 0.29) is 11.7 Å². The molecule has 1 aromatic heterocycles. The first-order valence-corrected chi connectivity index (χ1v) is 10.1. The molecule has 6 nitrogen and oxygen atoms in total. The van der Waals surface area contributed by atoms with Crippen LogP contribution >= 0.6 is 11.6 Å². The maximum absolute atomic E-state index is 13.4. The molecule has 3 aromatic rings. The van der Waals surface area contributed by atoms with Crippen LogP contribution in [0.3, 0.4) is 0 Å². The number of benzene rings is 2. The Morgan fingerprint density at radius 2 is 1.90 bits per heavy atom. The van der Waals surface area contributed by atoms with Crippen LogP contribution < -0.4 is 20.5 Å². The van der Waals surface area contributed by atoms with Crippen LogP contribution in [0, 0.1) is 0 Å². The maximum atomic E-state index is 13.4. The van der Waals surface area contributed by atoms with Gasteiger partial charge < -0.3 is 9.64 Å². The second-order valence-electron chi connectivity index (χ2n) is 7.39. The largest absolute Gasteiger partial charge is 0.482 e. The Balaban J connectivity index is 1.54. The van der Waals surface area contributed by atoms with Gasteiger partial charge in [0.05, 0.1) is 18.6 Å². The van der Waals surface area contributed by atoms with Gasteiger partial charge >= 0.3 is 5.56 Å². The third-order valence-electron chi connectivity index (χ3n) is 5.47. The van der Waals surface area contributed by atoms with E-state index in [1.54, 1.807) is 24.4 Å². The van der Waals surface area contributed by atoms with E-state index in [4.69, 9.17) is 16.3 Å². The summed E-state index contributed by atoms with van der Waals surface area (Å²) < 4.78 is 7.71. The lowest BCUT2D eigenvalue weighted by molar-refractivity contribution is 0.210. The zero-order chi connectivity index (χ0) is 19.8. The summed E-state index contributed by atoms with van der Waals surface area (Å²) in [5, 5.41) is 8.25. The van der Waals surface area contributed by atoms with Gasteiger partial charge in [-0.3, -0.25) is 10.1 Å². The molecule has 5 rings (SSSR count). The van der Waals surface area contributed by atoms with E-state index in [1.165, 1.54) is 15.8 Å². The standard InChI is InChI=1S/C22H21ClN4O2/c23-17-6-3-7-18(12-17)27-22(28)21(20(13-25-27)26-9-8-24-14-26)29-19-10-15-4-1-2-5-16(15)11-19/h1-7,12-13,19,24H,8-11,14H2. The Hall–Kier alpha value is -2.83. The highest BCUT2D eigenvalue weighted by Crippen LogP contribution is 2.30. The summed E-state index contributed by atoms with van der Waals surface area (Å²) in [6.07, 6.45) is 3.25. The first-order chi connectivity index (χ1) is 14.2. The van der Waals surface area contributed by atoms with Crippen molar-refractivity contribution in [3.05, 3.63) is 81.2 Å².